The lowest BCUT2D eigenvalue weighted by Gasteiger charge is -2.17. The molecule has 0 unspecified atom stereocenters. The predicted octanol–water partition coefficient (Wildman–Crippen LogP) is 2.42. The predicted molar refractivity (Wildman–Crippen MR) is 66.0 cm³/mol. The van der Waals surface area contributed by atoms with Crippen molar-refractivity contribution < 1.29 is 18.0 Å². The van der Waals surface area contributed by atoms with Crippen molar-refractivity contribution >= 4 is 11.6 Å². The van der Waals surface area contributed by atoms with Crippen molar-refractivity contribution in [1.29, 1.82) is 0 Å². The van der Waals surface area contributed by atoms with E-state index in [-0.39, 0.29) is 0 Å². The van der Waals surface area contributed by atoms with E-state index >= 15 is 0 Å². The van der Waals surface area contributed by atoms with Crippen molar-refractivity contribution in [1.82, 2.24) is 5.32 Å². The Morgan fingerprint density at radius 2 is 2.05 bits per heavy atom. The van der Waals surface area contributed by atoms with Gasteiger partial charge in [0.15, 0.2) is 0 Å². The van der Waals surface area contributed by atoms with Gasteiger partial charge in [-0.05, 0) is 36.1 Å². The number of rotatable bonds is 2. The molecule has 0 radical (unpaired) electrons. The topological polar surface area (TPSA) is 32.3 Å². The van der Waals surface area contributed by atoms with Crippen LogP contribution in [0.3, 0.4) is 0 Å². The summed E-state index contributed by atoms with van der Waals surface area (Å²) < 4.78 is 36.7. The van der Waals surface area contributed by atoms with Crippen LogP contribution in [-0.4, -0.2) is 26.2 Å². The highest BCUT2D eigenvalue weighted by Crippen LogP contribution is 2.34. The van der Waals surface area contributed by atoms with Crippen molar-refractivity contribution in [3.63, 3.8) is 0 Å². The Morgan fingerprint density at radius 3 is 2.63 bits per heavy atom. The highest BCUT2D eigenvalue weighted by atomic mass is 19.4. The monoisotopic (exact) mass is 272 g/mol. The SMILES string of the molecule is CN(C)c1ccc2c(c1)CC[C@@H]2NC(=O)C(F)(F)F. The van der Waals surface area contributed by atoms with E-state index in [0.717, 1.165) is 16.8 Å². The number of halogens is 3. The molecule has 1 N–H and O–H groups in total. The number of anilines is 1. The van der Waals surface area contributed by atoms with Crippen LogP contribution in [0.5, 0.6) is 0 Å². The zero-order valence-electron chi connectivity index (χ0n) is 10.7. The van der Waals surface area contributed by atoms with Gasteiger partial charge in [-0.3, -0.25) is 4.79 Å². The third-order valence-corrected chi connectivity index (χ3v) is 3.28. The molecule has 0 saturated heterocycles. The van der Waals surface area contributed by atoms with Crippen LogP contribution < -0.4 is 10.2 Å². The summed E-state index contributed by atoms with van der Waals surface area (Å²) in [5, 5.41) is 2.05. The molecule has 6 heteroatoms. The summed E-state index contributed by atoms with van der Waals surface area (Å²) in [4.78, 5) is 12.9. The first kappa shape index (κ1) is 13.7. The van der Waals surface area contributed by atoms with Crippen LogP contribution in [-0.2, 0) is 11.2 Å². The van der Waals surface area contributed by atoms with Gasteiger partial charge in [-0.1, -0.05) is 6.07 Å². The summed E-state index contributed by atoms with van der Waals surface area (Å²) in [6.07, 6.45) is -3.64. The van der Waals surface area contributed by atoms with Gasteiger partial charge in [0.2, 0.25) is 0 Å². The van der Waals surface area contributed by atoms with Gasteiger partial charge in [-0.25, -0.2) is 0 Å². The number of amides is 1. The van der Waals surface area contributed by atoms with Crippen molar-refractivity contribution in [2.75, 3.05) is 19.0 Å². The highest BCUT2D eigenvalue weighted by molar-refractivity contribution is 5.82. The second kappa shape index (κ2) is 4.75. The Hall–Kier alpha value is -1.72. The number of carbonyl (C=O) groups excluding carboxylic acids is 1. The molecule has 0 bridgehead atoms. The van der Waals surface area contributed by atoms with E-state index in [1.807, 2.05) is 36.4 Å². The molecule has 0 spiro atoms. The van der Waals surface area contributed by atoms with Crippen LogP contribution in [0.15, 0.2) is 18.2 Å². The summed E-state index contributed by atoms with van der Waals surface area (Å²) in [5.74, 6) is -1.87. The van der Waals surface area contributed by atoms with Crippen molar-refractivity contribution in [3.05, 3.63) is 29.3 Å². The number of alkyl halides is 3. The molecule has 3 nitrogen and oxygen atoms in total. The Labute approximate surface area is 109 Å². The summed E-state index contributed by atoms with van der Waals surface area (Å²) in [6, 6.07) is 5.05. The molecule has 104 valence electrons. The average Bonchev–Trinajstić information content (AvgIpc) is 2.70. The van der Waals surface area contributed by atoms with Gasteiger partial charge < -0.3 is 10.2 Å². The summed E-state index contributed by atoms with van der Waals surface area (Å²) >= 11 is 0. The summed E-state index contributed by atoms with van der Waals surface area (Å²) in [6.45, 7) is 0. The van der Waals surface area contributed by atoms with Crippen LogP contribution in [0.4, 0.5) is 18.9 Å². The van der Waals surface area contributed by atoms with Gasteiger partial charge in [-0.2, -0.15) is 13.2 Å². The van der Waals surface area contributed by atoms with E-state index in [1.165, 1.54) is 0 Å². The number of hydrogen-bond acceptors (Lipinski definition) is 2. The number of carbonyl (C=O) groups is 1. The van der Waals surface area contributed by atoms with Crippen LogP contribution in [0, 0.1) is 0 Å². The molecule has 0 heterocycles. The fourth-order valence-electron chi connectivity index (χ4n) is 2.27. The number of fused-ring (bicyclic) bond motifs is 1. The molecule has 1 aliphatic carbocycles. The zero-order valence-corrected chi connectivity index (χ0v) is 10.7. The fraction of sp³-hybridized carbons (Fsp3) is 0.462. The molecule has 0 saturated carbocycles. The molecular formula is C13H15F3N2O. The fourth-order valence-corrected chi connectivity index (χ4v) is 2.27. The lowest BCUT2D eigenvalue weighted by Crippen LogP contribution is -2.38. The maximum Gasteiger partial charge on any atom is 0.471 e. The zero-order chi connectivity index (χ0) is 14.2. The molecule has 1 amide bonds. The van der Waals surface area contributed by atoms with Crippen LogP contribution in [0.1, 0.15) is 23.6 Å². The molecule has 0 aromatic heterocycles. The first-order chi connectivity index (χ1) is 8.79. The van der Waals surface area contributed by atoms with E-state index in [2.05, 4.69) is 0 Å². The standard InChI is InChI=1S/C13H15F3N2O/c1-18(2)9-4-5-10-8(7-9)3-6-11(10)17-12(19)13(14,15)16/h4-5,7,11H,3,6H2,1-2H3,(H,17,19)/t11-/m0/s1. The Balaban J connectivity index is 2.17. The number of hydrogen-bond donors (Lipinski definition) is 1. The van der Waals surface area contributed by atoms with Crippen molar-refractivity contribution in [2.45, 2.75) is 25.1 Å². The third kappa shape index (κ3) is 2.83. The summed E-state index contributed by atoms with van der Waals surface area (Å²) in [5.41, 5.74) is 2.78. The van der Waals surface area contributed by atoms with E-state index in [1.54, 1.807) is 6.07 Å². The molecule has 1 aromatic carbocycles. The van der Waals surface area contributed by atoms with Crippen LogP contribution in [0.25, 0.3) is 0 Å². The van der Waals surface area contributed by atoms with E-state index in [4.69, 9.17) is 0 Å². The number of benzene rings is 1. The number of nitrogens with one attached hydrogen (secondary N) is 1. The van der Waals surface area contributed by atoms with Gasteiger partial charge >= 0.3 is 12.1 Å². The molecule has 0 fully saturated rings. The maximum atomic E-state index is 12.2. The molecule has 2 rings (SSSR count). The first-order valence-corrected chi connectivity index (χ1v) is 5.97. The van der Waals surface area contributed by atoms with Crippen molar-refractivity contribution in [2.24, 2.45) is 0 Å². The van der Waals surface area contributed by atoms with E-state index in [9.17, 15) is 18.0 Å². The van der Waals surface area contributed by atoms with Crippen LogP contribution in [0.2, 0.25) is 0 Å². The van der Waals surface area contributed by atoms with Gasteiger partial charge in [0, 0.05) is 19.8 Å². The minimum absolute atomic E-state index is 0.508. The van der Waals surface area contributed by atoms with Crippen molar-refractivity contribution in [3.8, 4) is 0 Å². The van der Waals surface area contributed by atoms with Gasteiger partial charge in [-0.15, -0.1) is 0 Å². The largest absolute Gasteiger partial charge is 0.471 e. The molecule has 1 aliphatic rings. The second-order valence-electron chi connectivity index (χ2n) is 4.84. The Morgan fingerprint density at radius 1 is 1.37 bits per heavy atom. The Kier molecular flexibility index (Phi) is 3.43. The second-order valence-corrected chi connectivity index (χ2v) is 4.84. The van der Waals surface area contributed by atoms with Gasteiger partial charge in [0.25, 0.3) is 0 Å². The van der Waals surface area contributed by atoms with Gasteiger partial charge in [0.1, 0.15) is 0 Å². The normalized spacial score (nSPS) is 18.1. The summed E-state index contributed by atoms with van der Waals surface area (Å²) in [7, 11) is 3.80. The number of aryl methyl sites for hydroxylation is 1. The van der Waals surface area contributed by atoms with E-state index < -0.39 is 18.1 Å². The lowest BCUT2D eigenvalue weighted by atomic mass is 10.1. The molecule has 0 aliphatic heterocycles. The van der Waals surface area contributed by atoms with E-state index in [0.29, 0.717) is 12.8 Å². The molecular weight excluding hydrogens is 257 g/mol. The highest BCUT2D eigenvalue weighted by Gasteiger charge is 2.40. The molecule has 1 aromatic rings. The minimum atomic E-state index is -4.83. The minimum Gasteiger partial charge on any atom is -0.378 e. The first-order valence-electron chi connectivity index (χ1n) is 5.97. The smallest absolute Gasteiger partial charge is 0.378 e. The maximum absolute atomic E-state index is 12.2. The quantitative estimate of drug-likeness (QED) is 0.896. The van der Waals surface area contributed by atoms with Crippen LogP contribution >= 0.6 is 0 Å². The molecule has 19 heavy (non-hydrogen) atoms. The number of nitrogens with zero attached hydrogens (tertiary/aromatic N) is 1. The Bertz CT molecular complexity index is 497. The average molecular weight is 272 g/mol. The van der Waals surface area contributed by atoms with Gasteiger partial charge in [0.05, 0.1) is 6.04 Å². The lowest BCUT2D eigenvalue weighted by molar-refractivity contribution is -0.174. The molecule has 1 atom stereocenters. The third-order valence-electron chi connectivity index (χ3n) is 3.28.